The summed E-state index contributed by atoms with van der Waals surface area (Å²) >= 11 is 3.27. The van der Waals surface area contributed by atoms with E-state index in [0.29, 0.717) is 36.4 Å². The second-order valence-electron chi connectivity index (χ2n) is 4.73. The van der Waals surface area contributed by atoms with Gasteiger partial charge in [0.15, 0.2) is 0 Å². The van der Waals surface area contributed by atoms with E-state index in [1.807, 2.05) is 11.8 Å². The average molecular weight is 340 g/mol. The van der Waals surface area contributed by atoms with Crippen molar-refractivity contribution in [3.63, 3.8) is 0 Å². The van der Waals surface area contributed by atoms with Crippen LogP contribution in [0.5, 0.6) is 0 Å². The fraction of sp³-hybridized carbons (Fsp3) is 0.500. The van der Waals surface area contributed by atoms with Crippen molar-refractivity contribution in [3.8, 4) is 0 Å². The second-order valence-corrected chi connectivity index (χ2v) is 5.54. The van der Waals surface area contributed by atoms with Crippen molar-refractivity contribution in [2.24, 2.45) is 0 Å². The number of aromatic nitrogens is 1. The molecule has 0 N–H and O–H groups in total. The SMILES string of the molecule is CCC(=O)N1CCCN(C(=O)c2cccc(Br)n2)CC1. The fourth-order valence-corrected chi connectivity index (χ4v) is 2.63. The summed E-state index contributed by atoms with van der Waals surface area (Å²) in [6.45, 7) is 4.43. The summed E-state index contributed by atoms with van der Waals surface area (Å²) in [4.78, 5) is 31.9. The Bertz CT molecular complexity index is 507. The van der Waals surface area contributed by atoms with Gasteiger partial charge in [0.05, 0.1) is 0 Å². The highest BCUT2D eigenvalue weighted by atomic mass is 79.9. The molecule has 5 nitrogen and oxygen atoms in total. The standard InChI is InChI=1S/C14H18BrN3O2/c1-2-13(19)17-7-4-8-18(10-9-17)14(20)11-5-3-6-12(15)16-11/h3,5-6H,2,4,7-10H2,1H3. The highest BCUT2D eigenvalue weighted by Crippen LogP contribution is 2.11. The Hall–Kier alpha value is -1.43. The van der Waals surface area contributed by atoms with Gasteiger partial charge in [0, 0.05) is 32.6 Å². The number of hydrogen-bond donors (Lipinski definition) is 0. The van der Waals surface area contributed by atoms with Crippen LogP contribution in [0.25, 0.3) is 0 Å². The van der Waals surface area contributed by atoms with Crippen LogP contribution in [0.1, 0.15) is 30.3 Å². The summed E-state index contributed by atoms with van der Waals surface area (Å²) in [7, 11) is 0. The monoisotopic (exact) mass is 339 g/mol. The van der Waals surface area contributed by atoms with Gasteiger partial charge in [-0.15, -0.1) is 0 Å². The Morgan fingerprint density at radius 3 is 2.60 bits per heavy atom. The third kappa shape index (κ3) is 3.56. The Balaban J connectivity index is 2.03. The van der Waals surface area contributed by atoms with E-state index in [9.17, 15) is 9.59 Å². The van der Waals surface area contributed by atoms with E-state index in [1.165, 1.54) is 0 Å². The van der Waals surface area contributed by atoms with Crippen molar-refractivity contribution in [2.75, 3.05) is 26.2 Å². The van der Waals surface area contributed by atoms with Crippen LogP contribution in [-0.2, 0) is 4.79 Å². The molecule has 0 spiro atoms. The van der Waals surface area contributed by atoms with Crippen LogP contribution in [0.4, 0.5) is 0 Å². The largest absolute Gasteiger partial charge is 0.341 e. The zero-order valence-corrected chi connectivity index (χ0v) is 13.1. The van der Waals surface area contributed by atoms with E-state index < -0.39 is 0 Å². The summed E-state index contributed by atoms with van der Waals surface area (Å²) in [6, 6.07) is 5.31. The van der Waals surface area contributed by atoms with Gasteiger partial charge in [0.2, 0.25) is 5.91 Å². The van der Waals surface area contributed by atoms with Gasteiger partial charge in [0.1, 0.15) is 10.3 Å². The first kappa shape index (κ1) is 15.0. The van der Waals surface area contributed by atoms with Crippen molar-refractivity contribution in [3.05, 3.63) is 28.5 Å². The number of carbonyl (C=O) groups excluding carboxylic acids is 2. The number of pyridine rings is 1. The maximum Gasteiger partial charge on any atom is 0.272 e. The van der Waals surface area contributed by atoms with E-state index in [4.69, 9.17) is 0 Å². The first-order valence-electron chi connectivity index (χ1n) is 6.81. The van der Waals surface area contributed by atoms with E-state index in [2.05, 4.69) is 20.9 Å². The van der Waals surface area contributed by atoms with E-state index in [0.717, 1.165) is 13.0 Å². The smallest absolute Gasteiger partial charge is 0.272 e. The van der Waals surface area contributed by atoms with E-state index in [1.54, 1.807) is 23.1 Å². The molecule has 108 valence electrons. The molecule has 0 atom stereocenters. The van der Waals surface area contributed by atoms with Gasteiger partial charge in [-0.25, -0.2) is 4.98 Å². The quantitative estimate of drug-likeness (QED) is 0.773. The van der Waals surface area contributed by atoms with Gasteiger partial charge in [-0.05, 0) is 34.5 Å². The first-order valence-corrected chi connectivity index (χ1v) is 7.60. The zero-order valence-electron chi connectivity index (χ0n) is 11.5. The molecule has 1 saturated heterocycles. The molecule has 1 fully saturated rings. The molecule has 0 radical (unpaired) electrons. The third-order valence-electron chi connectivity index (χ3n) is 3.37. The minimum atomic E-state index is -0.0721. The number of nitrogens with zero attached hydrogens (tertiary/aromatic N) is 3. The minimum Gasteiger partial charge on any atom is -0.341 e. The number of hydrogen-bond acceptors (Lipinski definition) is 3. The molecule has 1 aliphatic rings. The molecule has 1 aromatic heterocycles. The molecule has 2 rings (SSSR count). The van der Waals surface area contributed by atoms with E-state index in [-0.39, 0.29) is 11.8 Å². The second kappa shape index (κ2) is 6.83. The van der Waals surface area contributed by atoms with Gasteiger partial charge >= 0.3 is 0 Å². The molecule has 20 heavy (non-hydrogen) atoms. The summed E-state index contributed by atoms with van der Waals surface area (Å²) in [5, 5.41) is 0. The minimum absolute atomic E-state index is 0.0721. The molecule has 1 aromatic rings. The Morgan fingerprint density at radius 2 is 1.90 bits per heavy atom. The van der Waals surface area contributed by atoms with Gasteiger partial charge < -0.3 is 9.80 Å². The highest BCUT2D eigenvalue weighted by Gasteiger charge is 2.22. The van der Waals surface area contributed by atoms with Crippen LogP contribution < -0.4 is 0 Å². The van der Waals surface area contributed by atoms with Crippen molar-refractivity contribution in [1.29, 1.82) is 0 Å². The van der Waals surface area contributed by atoms with Crippen molar-refractivity contribution in [1.82, 2.24) is 14.8 Å². The normalized spacial score (nSPS) is 15.9. The number of amides is 2. The van der Waals surface area contributed by atoms with Crippen molar-refractivity contribution in [2.45, 2.75) is 19.8 Å². The zero-order chi connectivity index (χ0) is 14.5. The molecule has 0 bridgehead atoms. The Morgan fingerprint density at radius 1 is 1.20 bits per heavy atom. The van der Waals surface area contributed by atoms with Crippen LogP contribution in [-0.4, -0.2) is 52.8 Å². The lowest BCUT2D eigenvalue weighted by Crippen LogP contribution is -2.37. The fourth-order valence-electron chi connectivity index (χ4n) is 2.28. The maximum absolute atomic E-state index is 12.4. The number of halogens is 1. The average Bonchev–Trinajstić information content (AvgIpc) is 2.71. The van der Waals surface area contributed by atoms with Crippen LogP contribution >= 0.6 is 15.9 Å². The summed E-state index contributed by atoms with van der Waals surface area (Å²) in [5.74, 6) is 0.0805. The molecule has 2 amide bonds. The van der Waals surface area contributed by atoms with Crippen LogP contribution in [0.3, 0.4) is 0 Å². The van der Waals surface area contributed by atoms with E-state index >= 15 is 0 Å². The lowest BCUT2D eigenvalue weighted by molar-refractivity contribution is -0.130. The molecule has 1 aliphatic heterocycles. The van der Waals surface area contributed by atoms with Crippen LogP contribution in [0.2, 0.25) is 0 Å². The maximum atomic E-state index is 12.4. The summed E-state index contributed by atoms with van der Waals surface area (Å²) in [5.41, 5.74) is 0.439. The predicted molar refractivity (Wildman–Crippen MR) is 79.3 cm³/mol. The predicted octanol–water partition coefficient (Wildman–Crippen LogP) is 1.93. The molecule has 0 aliphatic carbocycles. The lowest BCUT2D eigenvalue weighted by Gasteiger charge is -2.21. The Kier molecular flexibility index (Phi) is 5.11. The molecule has 0 aromatic carbocycles. The molecular weight excluding hydrogens is 322 g/mol. The third-order valence-corrected chi connectivity index (χ3v) is 3.81. The van der Waals surface area contributed by atoms with Crippen LogP contribution in [0.15, 0.2) is 22.8 Å². The Labute approximate surface area is 127 Å². The number of carbonyl (C=O) groups is 2. The molecule has 2 heterocycles. The summed E-state index contributed by atoms with van der Waals surface area (Å²) in [6.07, 6.45) is 1.33. The molecule has 0 saturated carbocycles. The van der Waals surface area contributed by atoms with Gasteiger partial charge in [0.25, 0.3) is 5.91 Å². The highest BCUT2D eigenvalue weighted by molar-refractivity contribution is 9.10. The first-order chi connectivity index (χ1) is 9.61. The summed E-state index contributed by atoms with van der Waals surface area (Å²) < 4.78 is 0.654. The number of rotatable bonds is 2. The van der Waals surface area contributed by atoms with Gasteiger partial charge in [-0.1, -0.05) is 13.0 Å². The molecule has 0 unspecified atom stereocenters. The van der Waals surface area contributed by atoms with Gasteiger partial charge in [-0.3, -0.25) is 9.59 Å². The van der Waals surface area contributed by atoms with Gasteiger partial charge in [-0.2, -0.15) is 0 Å². The van der Waals surface area contributed by atoms with Crippen molar-refractivity contribution >= 4 is 27.7 Å². The molecular formula is C14H18BrN3O2. The lowest BCUT2D eigenvalue weighted by atomic mass is 10.3. The topological polar surface area (TPSA) is 53.5 Å². The molecule has 6 heteroatoms. The van der Waals surface area contributed by atoms with Crippen molar-refractivity contribution < 1.29 is 9.59 Å². The van der Waals surface area contributed by atoms with Crippen LogP contribution in [0, 0.1) is 0 Å².